The Balaban J connectivity index is 1.73. The summed E-state index contributed by atoms with van der Waals surface area (Å²) in [5.74, 6) is 0.617. The van der Waals surface area contributed by atoms with Gasteiger partial charge in [-0.25, -0.2) is 4.68 Å². The van der Waals surface area contributed by atoms with Gasteiger partial charge in [-0.05, 0) is 25.1 Å². The summed E-state index contributed by atoms with van der Waals surface area (Å²) in [6, 6.07) is 9.72. The van der Waals surface area contributed by atoms with Crippen molar-refractivity contribution in [2.75, 3.05) is 25.1 Å². The summed E-state index contributed by atoms with van der Waals surface area (Å²) in [6.45, 7) is 3.96. The minimum absolute atomic E-state index is 0.0517. The van der Waals surface area contributed by atoms with E-state index in [4.69, 9.17) is 4.74 Å². The topological polar surface area (TPSA) is 68.2 Å². The lowest BCUT2D eigenvalue weighted by atomic mass is 10.2. The first-order chi connectivity index (χ1) is 11.1. The first-order valence-corrected chi connectivity index (χ1v) is 8.35. The zero-order valence-corrected chi connectivity index (χ0v) is 14.5. The Bertz CT molecular complexity index is 695. The second-order valence-electron chi connectivity index (χ2n) is 5.54. The van der Waals surface area contributed by atoms with Crippen LogP contribution in [-0.2, 0) is 9.53 Å². The number of hydrogen-bond acceptors (Lipinski definition) is 4. The molecule has 1 atom stereocenters. The molecule has 0 saturated carbocycles. The van der Waals surface area contributed by atoms with Gasteiger partial charge in [-0.3, -0.25) is 4.79 Å². The lowest BCUT2D eigenvalue weighted by Crippen LogP contribution is -2.43. The van der Waals surface area contributed by atoms with Gasteiger partial charge in [-0.15, -0.1) is 0 Å². The van der Waals surface area contributed by atoms with Crippen LogP contribution in [0.3, 0.4) is 0 Å². The van der Waals surface area contributed by atoms with Crippen molar-refractivity contribution in [3.05, 3.63) is 40.5 Å². The Morgan fingerprint density at radius 2 is 2.39 bits per heavy atom. The van der Waals surface area contributed by atoms with E-state index in [9.17, 15) is 4.79 Å². The highest BCUT2D eigenvalue weighted by Crippen LogP contribution is 2.20. The summed E-state index contributed by atoms with van der Waals surface area (Å²) in [4.78, 5) is 12.3. The molecular weight excluding hydrogens is 360 g/mol. The number of halogens is 1. The molecule has 2 N–H and O–H groups in total. The Kier molecular flexibility index (Phi) is 5.09. The summed E-state index contributed by atoms with van der Waals surface area (Å²) in [6.07, 6.45) is 0.378. The first-order valence-electron chi connectivity index (χ1n) is 7.55. The van der Waals surface area contributed by atoms with E-state index >= 15 is 0 Å². The van der Waals surface area contributed by atoms with Crippen LogP contribution in [0.15, 0.2) is 34.8 Å². The molecule has 2 aromatic rings. The number of nitrogens with zero attached hydrogens (tertiary/aromatic N) is 2. The molecule has 1 aromatic heterocycles. The van der Waals surface area contributed by atoms with Gasteiger partial charge in [0, 0.05) is 29.5 Å². The van der Waals surface area contributed by atoms with Crippen LogP contribution < -0.4 is 10.6 Å². The smallest absolute Gasteiger partial charge is 0.227 e. The number of benzene rings is 1. The van der Waals surface area contributed by atoms with Crippen LogP contribution in [0.5, 0.6) is 0 Å². The number of aryl methyl sites for hydroxylation is 1. The Hall–Kier alpha value is -1.70. The fourth-order valence-electron chi connectivity index (χ4n) is 2.56. The van der Waals surface area contributed by atoms with Crippen molar-refractivity contribution in [3.8, 4) is 5.69 Å². The molecule has 1 aliphatic heterocycles. The molecule has 0 spiro atoms. The summed E-state index contributed by atoms with van der Waals surface area (Å²) in [5.41, 5.74) is 1.74. The lowest BCUT2D eigenvalue weighted by molar-refractivity contribution is -0.117. The summed E-state index contributed by atoms with van der Waals surface area (Å²) < 4.78 is 8.08. The predicted molar refractivity (Wildman–Crippen MR) is 91.9 cm³/mol. The second-order valence-corrected chi connectivity index (χ2v) is 6.46. The third-order valence-electron chi connectivity index (χ3n) is 3.58. The number of nitrogens with one attached hydrogen (secondary N) is 2. The summed E-state index contributed by atoms with van der Waals surface area (Å²) >= 11 is 3.46. The molecule has 23 heavy (non-hydrogen) atoms. The van der Waals surface area contributed by atoms with E-state index in [0.717, 1.165) is 22.4 Å². The standard InChI is InChI=1S/C16H19BrN4O2/c1-11-7-15(19-16(22)9-13-10-23-6-5-18-13)21(20-11)14-4-2-3-12(17)8-14/h2-4,7-8,13,18H,5-6,9-10H2,1H3,(H,19,22). The van der Waals surface area contributed by atoms with Gasteiger partial charge in [-0.2, -0.15) is 5.10 Å². The van der Waals surface area contributed by atoms with Crippen LogP contribution in [0.4, 0.5) is 5.82 Å². The number of aromatic nitrogens is 2. The van der Waals surface area contributed by atoms with Crippen LogP contribution in [0, 0.1) is 6.92 Å². The van der Waals surface area contributed by atoms with E-state index in [1.54, 1.807) is 4.68 Å². The van der Waals surface area contributed by atoms with Gasteiger partial charge in [0.1, 0.15) is 5.82 Å². The van der Waals surface area contributed by atoms with Crippen LogP contribution in [-0.4, -0.2) is 41.5 Å². The highest BCUT2D eigenvalue weighted by Gasteiger charge is 2.18. The summed E-state index contributed by atoms with van der Waals surface area (Å²) in [7, 11) is 0. The molecule has 1 aromatic carbocycles. The molecule has 7 heteroatoms. The van der Waals surface area contributed by atoms with E-state index in [1.165, 1.54) is 0 Å². The second kappa shape index (κ2) is 7.25. The third kappa shape index (κ3) is 4.19. The van der Waals surface area contributed by atoms with Crippen molar-refractivity contribution in [2.45, 2.75) is 19.4 Å². The highest BCUT2D eigenvalue weighted by atomic mass is 79.9. The van der Waals surface area contributed by atoms with Gasteiger partial charge in [-0.1, -0.05) is 22.0 Å². The molecule has 1 saturated heterocycles. The number of rotatable bonds is 4. The Labute approximate surface area is 143 Å². The molecule has 1 fully saturated rings. The maximum absolute atomic E-state index is 12.3. The molecule has 6 nitrogen and oxygen atoms in total. The van der Waals surface area contributed by atoms with Gasteiger partial charge in [0.05, 0.1) is 24.6 Å². The average molecular weight is 379 g/mol. The molecule has 3 rings (SSSR count). The predicted octanol–water partition coefficient (Wildman–Crippen LogP) is 2.26. The van der Waals surface area contributed by atoms with Gasteiger partial charge in [0.25, 0.3) is 0 Å². The number of morpholine rings is 1. The van der Waals surface area contributed by atoms with Gasteiger partial charge in [0.15, 0.2) is 0 Å². The maximum Gasteiger partial charge on any atom is 0.227 e. The van der Waals surface area contributed by atoms with E-state index in [-0.39, 0.29) is 11.9 Å². The fraction of sp³-hybridized carbons (Fsp3) is 0.375. The molecule has 1 aliphatic rings. The molecule has 122 valence electrons. The van der Waals surface area contributed by atoms with Crippen LogP contribution in [0.2, 0.25) is 0 Å². The molecule has 1 unspecified atom stereocenters. The minimum Gasteiger partial charge on any atom is -0.378 e. The van der Waals surface area contributed by atoms with E-state index in [2.05, 4.69) is 31.7 Å². The van der Waals surface area contributed by atoms with E-state index in [1.807, 2.05) is 37.3 Å². The molecule has 0 bridgehead atoms. The van der Waals surface area contributed by atoms with Crippen molar-refractivity contribution in [3.63, 3.8) is 0 Å². The number of ether oxygens (including phenoxy) is 1. The number of carbonyl (C=O) groups is 1. The Morgan fingerprint density at radius 3 is 3.13 bits per heavy atom. The first kappa shape index (κ1) is 16.2. The van der Waals surface area contributed by atoms with Crippen LogP contribution in [0.1, 0.15) is 12.1 Å². The number of amides is 1. The monoisotopic (exact) mass is 378 g/mol. The van der Waals surface area contributed by atoms with Crippen molar-refractivity contribution >= 4 is 27.7 Å². The molecular formula is C16H19BrN4O2. The molecule has 0 aliphatic carbocycles. The fourth-order valence-corrected chi connectivity index (χ4v) is 2.95. The molecule has 0 radical (unpaired) electrons. The Morgan fingerprint density at radius 1 is 1.52 bits per heavy atom. The maximum atomic E-state index is 12.3. The highest BCUT2D eigenvalue weighted by molar-refractivity contribution is 9.10. The summed E-state index contributed by atoms with van der Waals surface area (Å²) in [5, 5.41) is 10.7. The molecule has 2 heterocycles. The third-order valence-corrected chi connectivity index (χ3v) is 4.08. The number of hydrogen-bond donors (Lipinski definition) is 2. The van der Waals surface area contributed by atoms with E-state index < -0.39 is 0 Å². The average Bonchev–Trinajstić information content (AvgIpc) is 2.88. The van der Waals surface area contributed by atoms with Crippen molar-refractivity contribution in [1.29, 1.82) is 0 Å². The van der Waals surface area contributed by atoms with Crippen LogP contribution in [0.25, 0.3) is 5.69 Å². The zero-order valence-electron chi connectivity index (χ0n) is 12.9. The van der Waals surface area contributed by atoms with Crippen molar-refractivity contribution in [1.82, 2.24) is 15.1 Å². The minimum atomic E-state index is -0.0517. The van der Waals surface area contributed by atoms with Gasteiger partial charge < -0.3 is 15.4 Å². The van der Waals surface area contributed by atoms with Crippen molar-refractivity contribution in [2.24, 2.45) is 0 Å². The van der Waals surface area contributed by atoms with Gasteiger partial charge >= 0.3 is 0 Å². The molecule has 1 amide bonds. The number of carbonyl (C=O) groups excluding carboxylic acids is 1. The van der Waals surface area contributed by atoms with Gasteiger partial charge in [0.2, 0.25) is 5.91 Å². The lowest BCUT2D eigenvalue weighted by Gasteiger charge is -2.23. The quantitative estimate of drug-likeness (QED) is 0.855. The SMILES string of the molecule is Cc1cc(NC(=O)CC2COCCN2)n(-c2cccc(Br)c2)n1. The number of anilines is 1. The van der Waals surface area contributed by atoms with E-state index in [0.29, 0.717) is 25.5 Å². The largest absolute Gasteiger partial charge is 0.378 e. The normalized spacial score (nSPS) is 17.9. The zero-order chi connectivity index (χ0) is 16.2. The van der Waals surface area contributed by atoms with Crippen molar-refractivity contribution < 1.29 is 9.53 Å². The van der Waals surface area contributed by atoms with Crippen LogP contribution >= 0.6 is 15.9 Å².